The Kier molecular flexibility index (Phi) is 4.15. The van der Waals surface area contributed by atoms with Gasteiger partial charge in [-0.3, -0.25) is 0 Å². The Morgan fingerprint density at radius 2 is 2.25 bits per heavy atom. The lowest BCUT2D eigenvalue weighted by molar-refractivity contribution is 0.625. The zero-order valence-electron chi connectivity index (χ0n) is 7.22. The van der Waals surface area contributed by atoms with Crippen molar-refractivity contribution in [1.29, 1.82) is 0 Å². The smallest absolute Gasteiger partial charge is 0.123 e. The third-order valence-corrected chi connectivity index (χ3v) is 2.40. The van der Waals surface area contributed by atoms with Gasteiger partial charge in [-0.05, 0) is 42.5 Å². The van der Waals surface area contributed by atoms with E-state index in [9.17, 15) is 4.39 Å². The van der Waals surface area contributed by atoms with Crippen LogP contribution in [-0.2, 0) is 6.42 Å². The molecular formula is C10H13FS. The normalized spacial score (nSPS) is 10.2. The Morgan fingerprint density at radius 3 is 2.92 bits per heavy atom. The quantitative estimate of drug-likeness (QED) is 0.648. The predicted octanol–water partition coefficient (Wildman–Crippen LogP) is 3.12. The van der Waals surface area contributed by atoms with Crippen molar-refractivity contribution >= 4 is 11.8 Å². The summed E-state index contributed by atoms with van der Waals surface area (Å²) < 4.78 is 12.7. The van der Waals surface area contributed by atoms with Crippen LogP contribution in [0.4, 0.5) is 4.39 Å². The molecule has 0 aliphatic heterocycles. The van der Waals surface area contributed by atoms with Gasteiger partial charge in [0.25, 0.3) is 0 Å². The molecule has 66 valence electrons. The Labute approximate surface area is 77.2 Å². The van der Waals surface area contributed by atoms with Crippen LogP contribution >= 0.6 is 11.8 Å². The molecule has 1 aromatic rings. The molecule has 0 aliphatic rings. The van der Waals surface area contributed by atoms with Gasteiger partial charge in [-0.1, -0.05) is 12.1 Å². The zero-order valence-corrected chi connectivity index (χ0v) is 8.03. The van der Waals surface area contributed by atoms with Gasteiger partial charge in [0.05, 0.1) is 0 Å². The Bertz CT molecular complexity index is 235. The van der Waals surface area contributed by atoms with Gasteiger partial charge >= 0.3 is 0 Å². The zero-order chi connectivity index (χ0) is 8.81. The van der Waals surface area contributed by atoms with Gasteiger partial charge < -0.3 is 0 Å². The van der Waals surface area contributed by atoms with Gasteiger partial charge in [-0.2, -0.15) is 11.8 Å². The maximum atomic E-state index is 12.7. The molecule has 0 bridgehead atoms. The van der Waals surface area contributed by atoms with Gasteiger partial charge in [0.15, 0.2) is 0 Å². The first kappa shape index (κ1) is 9.59. The molecule has 0 unspecified atom stereocenters. The molecule has 0 saturated heterocycles. The van der Waals surface area contributed by atoms with Gasteiger partial charge in [0.2, 0.25) is 0 Å². The minimum Gasteiger partial charge on any atom is -0.207 e. The molecule has 2 heteroatoms. The van der Waals surface area contributed by atoms with E-state index in [1.54, 1.807) is 12.1 Å². The number of rotatable bonds is 4. The summed E-state index contributed by atoms with van der Waals surface area (Å²) in [6, 6.07) is 6.84. The molecule has 1 aromatic carbocycles. The first-order valence-electron chi connectivity index (χ1n) is 4.06. The van der Waals surface area contributed by atoms with Crippen LogP contribution in [0.15, 0.2) is 24.3 Å². The molecule has 0 spiro atoms. The molecule has 0 N–H and O–H groups in total. The van der Waals surface area contributed by atoms with Crippen LogP contribution in [0.3, 0.4) is 0 Å². The Hall–Kier alpha value is -0.500. The lowest BCUT2D eigenvalue weighted by Crippen LogP contribution is -1.87. The summed E-state index contributed by atoms with van der Waals surface area (Å²) in [5, 5.41) is 0. The van der Waals surface area contributed by atoms with Crippen LogP contribution in [0.25, 0.3) is 0 Å². The van der Waals surface area contributed by atoms with Crippen molar-refractivity contribution in [1.82, 2.24) is 0 Å². The molecule has 1 rings (SSSR count). The number of halogens is 1. The van der Waals surface area contributed by atoms with Crippen LogP contribution in [0, 0.1) is 5.82 Å². The maximum absolute atomic E-state index is 12.7. The van der Waals surface area contributed by atoms with Crippen LogP contribution in [0.5, 0.6) is 0 Å². The molecule has 0 fully saturated rings. The summed E-state index contributed by atoms with van der Waals surface area (Å²) in [6.45, 7) is 0. The second kappa shape index (κ2) is 5.20. The van der Waals surface area contributed by atoms with E-state index in [1.165, 1.54) is 6.07 Å². The van der Waals surface area contributed by atoms with E-state index in [2.05, 4.69) is 6.26 Å². The van der Waals surface area contributed by atoms with E-state index < -0.39 is 0 Å². The predicted molar refractivity (Wildman–Crippen MR) is 53.1 cm³/mol. The summed E-state index contributed by atoms with van der Waals surface area (Å²) in [6.07, 6.45) is 4.20. The van der Waals surface area contributed by atoms with E-state index in [0.29, 0.717) is 0 Å². The Morgan fingerprint density at radius 1 is 1.42 bits per heavy atom. The van der Waals surface area contributed by atoms with E-state index in [4.69, 9.17) is 0 Å². The molecule has 0 nitrogen and oxygen atoms in total. The largest absolute Gasteiger partial charge is 0.207 e. The first-order chi connectivity index (χ1) is 5.83. The SMILES string of the molecule is CSCCCc1cccc(F)c1. The van der Waals surface area contributed by atoms with E-state index in [-0.39, 0.29) is 5.82 Å². The number of thioether (sulfide) groups is 1. The van der Waals surface area contributed by atoms with Crippen molar-refractivity contribution < 1.29 is 4.39 Å². The molecular weight excluding hydrogens is 171 g/mol. The first-order valence-corrected chi connectivity index (χ1v) is 5.45. The van der Waals surface area contributed by atoms with Crippen LogP contribution in [-0.4, -0.2) is 12.0 Å². The topological polar surface area (TPSA) is 0 Å². The monoisotopic (exact) mass is 184 g/mol. The summed E-state index contributed by atoms with van der Waals surface area (Å²) >= 11 is 1.83. The fourth-order valence-electron chi connectivity index (χ4n) is 1.11. The molecule has 0 saturated carbocycles. The third kappa shape index (κ3) is 3.26. The maximum Gasteiger partial charge on any atom is 0.123 e. The molecule has 0 radical (unpaired) electrons. The van der Waals surface area contributed by atoms with Crippen LogP contribution < -0.4 is 0 Å². The third-order valence-electron chi connectivity index (χ3n) is 1.70. The van der Waals surface area contributed by atoms with Crippen molar-refractivity contribution in [2.45, 2.75) is 12.8 Å². The summed E-state index contributed by atoms with van der Waals surface area (Å²) in [5.74, 6) is 1.02. The minimum absolute atomic E-state index is 0.128. The fraction of sp³-hybridized carbons (Fsp3) is 0.400. The highest BCUT2D eigenvalue weighted by atomic mass is 32.2. The summed E-state index contributed by atoms with van der Waals surface area (Å²) in [4.78, 5) is 0. The average molecular weight is 184 g/mol. The second-order valence-electron chi connectivity index (χ2n) is 2.73. The lowest BCUT2D eigenvalue weighted by Gasteiger charge is -1.99. The van der Waals surface area contributed by atoms with Crippen molar-refractivity contribution in [3.8, 4) is 0 Å². The van der Waals surface area contributed by atoms with Crippen molar-refractivity contribution in [3.63, 3.8) is 0 Å². The second-order valence-corrected chi connectivity index (χ2v) is 3.71. The molecule has 12 heavy (non-hydrogen) atoms. The minimum atomic E-state index is -0.128. The highest BCUT2D eigenvalue weighted by Crippen LogP contribution is 2.07. The standard InChI is InChI=1S/C10H13FS/c1-12-7-3-5-9-4-2-6-10(11)8-9/h2,4,6,8H,3,5,7H2,1H3. The number of aryl methyl sites for hydroxylation is 1. The summed E-state index contributed by atoms with van der Waals surface area (Å²) in [5.41, 5.74) is 1.10. The van der Waals surface area contributed by atoms with E-state index >= 15 is 0 Å². The average Bonchev–Trinajstić information content (AvgIpc) is 2.05. The Balaban J connectivity index is 2.41. The lowest BCUT2D eigenvalue weighted by atomic mass is 10.1. The number of hydrogen-bond acceptors (Lipinski definition) is 1. The van der Waals surface area contributed by atoms with Gasteiger partial charge in [-0.15, -0.1) is 0 Å². The van der Waals surface area contributed by atoms with Crippen molar-refractivity contribution in [2.75, 3.05) is 12.0 Å². The van der Waals surface area contributed by atoms with Crippen LogP contribution in [0.2, 0.25) is 0 Å². The summed E-state index contributed by atoms with van der Waals surface area (Å²) in [7, 11) is 0. The van der Waals surface area contributed by atoms with Gasteiger partial charge in [0, 0.05) is 0 Å². The molecule has 0 aliphatic carbocycles. The van der Waals surface area contributed by atoms with Gasteiger partial charge in [0.1, 0.15) is 5.82 Å². The van der Waals surface area contributed by atoms with Crippen LogP contribution in [0.1, 0.15) is 12.0 Å². The highest BCUT2D eigenvalue weighted by Gasteiger charge is 1.94. The highest BCUT2D eigenvalue weighted by molar-refractivity contribution is 7.98. The molecule has 0 heterocycles. The van der Waals surface area contributed by atoms with Gasteiger partial charge in [-0.25, -0.2) is 4.39 Å². The molecule has 0 aromatic heterocycles. The van der Waals surface area contributed by atoms with Crippen molar-refractivity contribution in [2.24, 2.45) is 0 Å². The van der Waals surface area contributed by atoms with E-state index in [1.807, 2.05) is 17.8 Å². The fourth-order valence-corrected chi connectivity index (χ4v) is 1.55. The molecule has 0 amide bonds. The number of hydrogen-bond donors (Lipinski definition) is 0. The van der Waals surface area contributed by atoms with Crippen molar-refractivity contribution in [3.05, 3.63) is 35.6 Å². The van der Waals surface area contributed by atoms with E-state index in [0.717, 1.165) is 24.2 Å². The molecule has 0 atom stereocenters. The number of benzene rings is 1.